The van der Waals surface area contributed by atoms with Gasteiger partial charge in [-0.2, -0.15) is 0 Å². The third-order valence-electron chi connectivity index (χ3n) is 9.09. The van der Waals surface area contributed by atoms with Gasteiger partial charge < -0.3 is 42.6 Å². The molecule has 4 atom stereocenters. The van der Waals surface area contributed by atoms with Crippen molar-refractivity contribution in [3.8, 4) is 23.0 Å². The largest absolute Gasteiger partial charge is 0.496 e. The summed E-state index contributed by atoms with van der Waals surface area (Å²) in [4.78, 5) is 4.55. The number of hydrogen-bond donors (Lipinski definition) is 0. The average molecular weight is 733 g/mol. The van der Waals surface area contributed by atoms with E-state index in [0.717, 1.165) is 92.6 Å². The van der Waals surface area contributed by atoms with Crippen LogP contribution in [0.4, 0.5) is 0 Å². The van der Waals surface area contributed by atoms with Gasteiger partial charge in [-0.15, -0.1) is 46.2 Å². The molecule has 0 spiro atoms. The first-order chi connectivity index (χ1) is 23.2. The molecule has 14 heteroatoms. The summed E-state index contributed by atoms with van der Waals surface area (Å²) in [6, 6.07) is 0. The van der Waals surface area contributed by atoms with Crippen LogP contribution in [0.25, 0.3) is 9.81 Å². The van der Waals surface area contributed by atoms with Crippen LogP contribution in [0.1, 0.15) is 26.7 Å². The molecule has 0 radical (unpaired) electrons. The third kappa shape index (κ3) is 4.65. The minimum atomic E-state index is -0.251. The zero-order valence-corrected chi connectivity index (χ0v) is 29.9. The molecule has 2 aromatic rings. The van der Waals surface area contributed by atoms with Crippen LogP contribution in [0.15, 0.2) is 32.7 Å². The smallest absolute Gasteiger partial charge is 0.181 e. The van der Waals surface area contributed by atoms with E-state index < -0.39 is 0 Å². The van der Waals surface area contributed by atoms with E-state index in [1.165, 1.54) is 10.5 Å². The van der Waals surface area contributed by atoms with Gasteiger partial charge >= 0.3 is 0 Å². The molecule has 2 saturated heterocycles. The summed E-state index contributed by atoms with van der Waals surface area (Å²) in [5.74, 6) is 6.05. The molecule has 2 fully saturated rings. The predicted molar refractivity (Wildman–Crippen MR) is 184 cm³/mol. The molecule has 0 amide bonds. The van der Waals surface area contributed by atoms with Crippen molar-refractivity contribution in [2.45, 2.75) is 49.4 Å². The van der Waals surface area contributed by atoms with Gasteiger partial charge in [0, 0.05) is 20.3 Å². The topological polar surface area (TPSA) is 83.1 Å². The van der Waals surface area contributed by atoms with Crippen LogP contribution in [0.3, 0.4) is 0 Å². The summed E-state index contributed by atoms with van der Waals surface area (Å²) in [6.45, 7) is 9.38. The van der Waals surface area contributed by atoms with E-state index >= 15 is 0 Å². The molecular formula is C33H32O9S5. The molecule has 9 nitrogen and oxygen atoms in total. The number of thioether (sulfide) groups is 3. The van der Waals surface area contributed by atoms with Crippen molar-refractivity contribution in [1.29, 1.82) is 0 Å². The van der Waals surface area contributed by atoms with Crippen molar-refractivity contribution < 1.29 is 42.6 Å². The monoisotopic (exact) mass is 732 g/mol. The highest BCUT2D eigenvalue weighted by Crippen LogP contribution is 2.56. The second-order valence-corrected chi connectivity index (χ2v) is 17.8. The van der Waals surface area contributed by atoms with E-state index in [4.69, 9.17) is 42.6 Å². The Hall–Kier alpha value is -2.07. The summed E-state index contributed by atoms with van der Waals surface area (Å²) >= 11 is 8.77. The highest BCUT2D eigenvalue weighted by atomic mass is 32.2. The van der Waals surface area contributed by atoms with E-state index in [9.17, 15) is 0 Å². The van der Waals surface area contributed by atoms with Gasteiger partial charge in [-0.3, -0.25) is 0 Å². The Morgan fingerprint density at radius 2 is 1.06 bits per heavy atom. The molecule has 0 aliphatic carbocycles. The summed E-state index contributed by atoms with van der Waals surface area (Å²) in [7, 11) is 0. The fourth-order valence-corrected chi connectivity index (χ4v) is 13.9. The van der Waals surface area contributed by atoms with Gasteiger partial charge in [0.05, 0.1) is 53.4 Å². The van der Waals surface area contributed by atoms with E-state index in [1.54, 1.807) is 46.2 Å². The fraction of sp³-hybridized carbons (Fsp3) is 0.515. The van der Waals surface area contributed by atoms with Crippen molar-refractivity contribution in [3.05, 3.63) is 50.8 Å². The maximum atomic E-state index is 6.48. The maximum Gasteiger partial charge on any atom is 0.181 e. The molecule has 0 aromatic carbocycles. The van der Waals surface area contributed by atoms with Crippen molar-refractivity contribution in [2.24, 2.45) is 0 Å². The SMILES string of the molecule is CC1S/C(=C2/S/C(=c3/s/c(=c4/s/c(=C5/SC(C)C6=C5CCCO6)c5c4OCCO5)c4c3OCCO4)C3OCCOC23)C2=C1OCCO2. The number of fused-ring (bicyclic) bond motifs is 3. The molecule has 47 heavy (non-hydrogen) atoms. The number of rotatable bonds is 0. The Kier molecular flexibility index (Phi) is 7.47. The molecule has 4 unspecified atom stereocenters. The van der Waals surface area contributed by atoms with E-state index in [-0.39, 0.29) is 22.7 Å². The predicted octanol–water partition coefficient (Wildman–Crippen LogP) is 5.19. The lowest BCUT2D eigenvalue weighted by molar-refractivity contribution is -0.0949. The molecule has 8 aliphatic rings. The lowest BCUT2D eigenvalue weighted by atomic mass is 10.1. The Morgan fingerprint density at radius 3 is 1.81 bits per heavy atom. The van der Waals surface area contributed by atoms with Crippen molar-refractivity contribution in [1.82, 2.24) is 0 Å². The van der Waals surface area contributed by atoms with Crippen LogP contribution in [-0.4, -0.2) is 82.2 Å². The van der Waals surface area contributed by atoms with Gasteiger partial charge in [0.15, 0.2) is 34.5 Å². The van der Waals surface area contributed by atoms with Crippen LogP contribution in [0.2, 0.25) is 0 Å². The highest BCUT2D eigenvalue weighted by Gasteiger charge is 2.47. The van der Waals surface area contributed by atoms with Crippen LogP contribution in [0, 0.1) is 9.06 Å². The van der Waals surface area contributed by atoms with Crippen LogP contribution >= 0.6 is 58.0 Å². The molecule has 8 aliphatic heterocycles. The molecule has 0 saturated carbocycles. The quantitative estimate of drug-likeness (QED) is 0.358. The number of thiophene rings is 2. The van der Waals surface area contributed by atoms with Crippen LogP contribution in [-0.2, 0) is 23.7 Å². The second-order valence-electron chi connectivity index (χ2n) is 12.0. The average Bonchev–Trinajstić information content (AvgIpc) is 3.92. The van der Waals surface area contributed by atoms with Gasteiger partial charge in [-0.1, -0.05) is 11.8 Å². The zero-order valence-electron chi connectivity index (χ0n) is 25.8. The lowest BCUT2D eigenvalue weighted by Crippen LogP contribution is -2.37. The van der Waals surface area contributed by atoms with E-state index in [2.05, 4.69) is 13.8 Å². The first kappa shape index (κ1) is 29.8. The minimum absolute atomic E-state index is 0.186. The number of hydrogen-bond acceptors (Lipinski definition) is 14. The molecule has 0 N–H and O–H groups in total. The summed E-state index contributed by atoms with van der Waals surface area (Å²) in [6.07, 6.45) is 1.57. The Morgan fingerprint density at radius 1 is 0.511 bits per heavy atom. The zero-order chi connectivity index (χ0) is 31.2. The van der Waals surface area contributed by atoms with Gasteiger partial charge in [-0.05, 0) is 26.7 Å². The normalized spacial score (nSPS) is 34.0. The minimum Gasteiger partial charge on any atom is -0.496 e. The summed E-state index contributed by atoms with van der Waals surface area (Å²) in [5.41, 5.74) is 1.32. The molecular weight excluding hydrogens is 701 g/mol. The van der Waals surface area contributed by atoms with Gasteiger partial charge in [0.2, 0.25) is 0 Å². The second kappa shape index (κ2) is 11.8. The lowest BCUT2D eigenvalue weighted by Gasteiger charge is -2.27. The summed E-state index contributed by atoms with van der Waals surface area (Å²) < 4.78 is 61.1. The standard InChI is InChI=1S/C33H32O9S5/c1-14-17-16(4-3-5-34-17)26(43-14)27-20-21(38-9-8-37-20)30(45-27)31-24-25(42-13-12-41-24)33(47-31)32-23-22(39-10-11-40-23)29(46-32)28-19-18(15(2)44-28)35-6-7-36-19/h14-15,22-23H,3-13H2,1-2H3/b27-26+,29-28+,31-30+,33-32+. The van der Waals surface area contributed by atoms with Crippen LogP contribution in [0.5, 0.6) is 23.0 Å². The molecule has 10 heterocycles. The van der Waals surface area contributed by atoms with Crippen molar-refractivity contribution in [2.75, 3.05) is 59.5 Å². The van der Waals surface area contributed by atoms with Gasteiger partial charge in [-0.25, -0.2) is 0 Å². The third-order valence-corrected chi connectivity index (χ3v) is 15.8. The number of ether oxygens (including phenoxy) is 9. The first-order valence-corrected chi connectivity index (χ1v) is 20.3. The van der Waals surface area contributed by atoms with Crippen molar-refractivity contribution >= 4 is 67.8 Å². The van der Waals surface area contributed by atoms with Crippen LogP contribution < -0.4 is 28.0 Å². The van der Waals surface area contributed by atoms with E-state index in [0.29, 0.717) is 52.9 Å². The molecule has 10 rings (SSSR count). The van der Waals surface area contributed by atoms with Crippen molar-refractivity contribution in [3.63, 3.8) is 0 Å². The highest BCUT2D eigenvalue weighted by molar-refractivity contribution is 8.13. The Bertz CT molecular complexity index is 2010. The van der Waals surface area contributed by atoms with Gasteiger partial charge in [0.1, 0.15) is 57.6 Å². The van der Waals surface area contributed by atoms with E-state index in [1.807, 2.05) is 11.8 Å². The first-order valence-electron chi connectivity index (χ1n) is 16.1. The molecule has 0 bridgehead atoms. The molecule has 248 valence electrons. The molecule has 2 aromatic heterocycles. The van der Waals surface area contributed by atoms with Gasteiger partial charge in [0.25, 0.3) is 0 Å². The Balaban J connectivity index is 1.22. The Labute approximate surface area is 291 Å². The summed E-state index contributed by atoms with van der Waals surface area (Å²) in [5, 5.41) is 0.470. The maximum absolute atomic E-state index is 6.48. The fourth-order valence-electron chi connectivity index (χ4n) is 7.14.